The Hall–Kier alpha value is -1.59. The Labute approximate surface area is 107 Å². The number of benzene rings is 1. The molecule has 0 saturated carbocycles. The summed E-state index contributed by atoms with van der Waals surface area (Å²) < 4.78 is 15.0. The summed E-state index contributed by atoms with van der Waals surface area (Å²) in [7, 11) is 2.95. The first kappa shape index (κ1) is 14.5. The molecule has 0 unspecified atom stereocenters. The molecule has 0 fully saturated rings. The maximum atomic E-state index is 11.2. The summed E-state index contributed by atoms with van der Waals surface area (Å²) >= 11 is 0. The Morgan fingerprint density at radius 1 is 1.33 bits per heavy atom. The van der Waals surface area contributed by atoms with Gasteiger partial charge in [-0.25, -0.2) is 0 Å². The second-order valence-electron chi connectivity index (χ2n) is 3.82. The summed E-state index contributed by atoms with van der Waals surface area (Å²) in [5.41, 5.74) is 6.63. The van der Waals surface area contributed by atoms with Gasteiger partial charge in [-0.05, 0) is 24.1 Å². The number of rotatable bonds is 7. The van der Waals surface area contributed by atoms with Crippen LogP contribution >= 0.6 is 0 Å². The molecule has 0 radical (unpaired) electrons. The maximum Gasteiger partial charge on any atom is 0.322 e. The van der Waals surface area contributed by atoms with Crippen molar-refractivity contribution in [3.8, 4) is 5.75 Å². The smallest absolute Gasteiger partial charge is 0.322 e. The molecule has 0 aliphatic rings. The van der Waals surface area contributed by atoms with Crippen LogP contribution in [0.3, 0.4) is 0 Å². The first-order valence-electron chi connectivity index (χ1n) is 5.71. The zero-order valence-corrected chi connectivity index (χ0v) is 10.7. The van der Waals surface area contributed by atoms with Gasteiger partial charge in [0.15, 0.2) is 0 Å². The van der Waals surface area contributed by atoms with E-state index < -0.39 is 12.0 Å². The van der Waals surface area contributed by atoms with Crippen molar-refractivity contribution in [2.24, 2.45) is 5.73 Å². The summed E-state index contributed by atoms with van der Waals surface area (Å²) in [6.45, 7) is 1.02. The average Bonchev–Trinajstić information content (AvgIpc) is 2.38. The zero-order chi connectivity index (χ0) is 13.4. The van der Waals surface area contributed by atoms with E-state index in [-0.39, 0.29) is 0 Å². The van der Waals surface area contributed by atoms with Crippen LogP contribution in [0.1, 0.15) is 5.56 Å². The fourth-order valence-electron chi connectivity index (χ4n) is 1.49. The van der Waals surface area contributed by atoms with Gasteiger partial charge >= 0.3 is 5.97 Å². The topological polar surface area (TPSA) is 70.8 Å². The zero-order valence-electron chi connectivity index (χ0n) is 10.7. The van der Waals surface area contributed by atoms with Crippen LogP contribution in [0.25, 0.3) is 0 Å². The molecule has 1 atom stereocenters. The molecule has 5 heteroatoms. The highest BCUT2D eigenvalue weighted by Gasteiger charge is 2.14. The molecule has 5 nitrogen and oxygen atoms in total. The predicted molar refractivity (Wildman–Crippen MR) is 67.5 cm³/mol. The number of hydrogen-bond acceptors (Lipinski definition) is 5. The molecule has 0 saturated heterocycles. The molecule has 100 valence electrons. The Morgan fingerprint density at radius 3 is 2.78 bits per heavy atom. The van der Waals surface area contributed by atoms with Crippen molar-refractivity contribution >= 4 is 5.97 Å². The lowest BCUT2D eigenvalue weighted by Gasteiger charge is -2.11. The van der Waals surface area contributed by atoms with E-state index in [9.17, 15) is 4.79 Å². The van der Waals surface area contributed by atoms with Crippen LogP contribution in [0.4, 0.5) is 0 Å². The summed E-state index contributed by atoms with van der Waals surface area (Å²) in [5.74, 6) is 0.322. The van der Waals surface area contributed by atoms with Gasteiger partial charge in [-0.1, -0.05) is 12.1 Å². The van der Waals surface area contributed by atoms with Crippen LogP contribution in [0.5, 0.6) is 5.75 Å². The highest BCUT2D eigenvalue weighted by Crippen LogP contribution is 2.14. The third-order valence-corrected chi connectivity index (χ3v) is 2.41. The maximum absolute atomic E-state index is 11.2. The molecule has 1 rings (SSSR count). The molecule has 1 aromatic rings. The summed E-state index contributed by atoms with van der Waals surface area (Å²) in [5, 5.41) is 0. The van der Waals surface area contributed by atoms with Gasteiger partial charge in [-0.2, -0.15) is 0 Å². The molecule has 0 aliphatic heterocycles. The van der Waals surface area contributed by atoms with Gasteiger partial charge < -0.3 is 19.9 Å². The van der Waals surface area contributed by atoms with Gasteiger partial charge in [0.2, 0.25) is 0 Å². The molecular weight excluding hydrogens is 234 g/mol. The largest absolute Gasteiger partial charge is 0.491 e. The van der Waals surface area contributed by atoms with E-state index in [0.717, 1.165) is 11.3 Å². The van der Waals surface area contributed by atoms with E-state index in [0.29, 0.717) is 19.6 Å². The van der Waals surface area contributed by atoms with Crippen molar-refractivity contribution < 1.29 is 19.0 Å². The van der Waals surface area contributed by atoms with Crippen LogP contribution < -0.4 is 10.5 Å². The lowest BCUT2D eigenvalue weighted by Crippen LogP contribution is -2.33. The summed E-state index contributed by atoms with van der Waals surface area (Å²) in [4.78, 5) is 11.2. The molecule has 0 heterocycles. The standard InChI is InChI=1S/C13H19NO4/c1-16-6-7-18-11-5-3-4-10(8-11)9-12(14)13(15)17-2/h3-5,8,12H,6-7,9,14H2,1-2H3/t12-/m1/s1. The molecule has 1 aromatic carbocycles. The van der Waals surface area contributed by atoms with E-state index in [4.69, 9.17) is 15.2 Å². The SMILES string of the molecule is COCCOc1cccc(C[C@@H](N)C(=O)OC)c1. The highest BCUT2D eigenvalue weighted by atomic mass is 16.5. The number of carbonyl (C=O) groups excluding carboxylic acids is 1. The van der Waals surface area contributed by atoms with Crippen molar-refractivity contribution in [3.05, 3.63) is 29.8 Å². The number of carbonyl (C=O) groups is 1. The minimum atomic E-state index is -0.649. The predicted octanol–water partition coefficient (Wildman–Crippen LogP) is 0.755. The van der Waals surface area contributed by atoms with Crippen molar-refractivity contribution in [2.75, 3.05) is 27.4 Å². The van der Waals surface area contributed by atoms with Gasteiger partial charge in [0.1, 0.15) is 18.4 Å². The molecule has 2 N–H and O–H groups in total. The van der Waals surface area contributed by atoms with Crippen LogP contribution in [-0.4, -0.2) is 39.4 Å². The molecule has 0 aromatic heterocycles. The molecule has 0 amide bonds. The van der Waals surface area contributed by atoms with Crippen LogP contribution in [0.2, 0.25) is 0 Å². The van der Waals surface area contributed by atoms with Crippen molar-refractivity contribution in [3.63, 3.8) is 0 Å². The first-order chi connectivity index (χ1) is 8.67. The van der Waals surface area contributed by atoms with Crippen LogP contribution in [-0.2, 0) is 20.7 Å². The minimum Gasteiger partial charge on any atom is -0.491 e. The third kappa shape index (κ3) is 4.73. The summed E-state index contributed by atoms with van der Waals surface area (Å²) in [6, 6.07) is 6.82. The first-order valence-corrected chi connectivity index (χ1v) is 5.71. The Morgan fingerprint density at radius 2 is 2.11 bits per heavy atom. The molecule has 0 spiro atoms. The van der Waals surface area contributed by atoms with Gasteiger partial charge in [0.25, 0.3) is 0 Å². The van der Waals surface area contributed by atoms with Gasteiger partial charge in [-0.3, -0.25) is 4.79 Å². The number of esters is 1. The minimum absolute atomic E-state index is 0.416. The fraction of sp³-hybridized carbons (Fsp3) is 0.462. The van der Waals surface area contributed by atoms with Crippen LogP contribution in [0, 0.1) is 0 Å². The quantitative estimate of drug-likeness (QED) is 0.573. The lowest BCUT2D eigenvalue weighted by atomic mass is 10.1. The lowest BCUT2D eigenvalue weighted by molar-refractivity contribution is -0.142. The van der Waals surface area contributed by atoms with Crippen molar-refractivity contribution in [1.29, 1.82) is 0 Å². The Balaban J connectivity index is 2.56. The number of nitrogens with two attached hydrogens (primary N) is 1. The fourth-order valence-corrected chi connectivity index (χ4v) is 1.49. The second kappa shape index (κ2) is 7.68. The Kier molecular flexibility index (Phi) is 6.18. The monoisotopic (exact) mass is 253 g/mol. The van der Waals surface area contributed by atoms with E-state index in [1.165, 1.54) is 7.11 Å². The van der Waals surface area contributed by atoms with Crippen LogP contribution in [0.15, 0.2) is 24.3 Å². The van der Waals surface area contributed by atoms with Gasteiger partial charge in [0, 0.05) is 7.11 Å². The molecule has 0 aliphatic carbocycles. The number of methoxy groups -OCH3 is 2. The van der Waals surface area contributed by atoms with E-state index in [2.05, 4.69) is 4.74 Å². The molecular formula is C13H19NO4. The normalized spacial score (nSPS) is 11.9. The Bertz CT molecular complexity index is 381. The summed E-state index contributed by atoms with van der Waals surface area (Å²) in [6.07, 6.45) is 0.425. The van der Waals surface area contributed by atoms with Crippen molar-refractivity contribution in [1.82, 2.24) is 0 Å². The van der Waals surface area contributed by atoms with Crippen molar-refractivity contribution in [2.45, 2.75) is 12.5 Å². The number of ether oxygens (including phenoxy) is 3. The average molecular weight is 253 g/mol. The molecule has 0 bridgehead atoms. The molecule has 18 heavy (non-hydrogen) atoms. The van der Waals surface area contributed by atoms with E-state index in [1.54, 1.807) is 7.11 Å². The number of hydrogen-bond donors (Lipinski definition) is 1. The van der Waals surface area contributed by atoms with E-state index >= 15 is 0 Å². The van der Waals surface area contributed by atoms with Gasteiger partial charge in [-0.15, -0.1) is 0 Å². The van der Waals surface area contributed by atoms with E-state index in [1.807, 2.05) is 24.3 Å². The highest BCUT2D eigenvalue weighted by molar-refractivity contribution is 5.75. The van der Waals surface area contributed by atoms with Gasteiger partial charge in [0.05, 0.1) is 13.7 Å². The second-order valence-corrected chi connectivity index (χ2v) is 3.82. The third-order valence-electron chi connectivity index (χ3n) is 2.41.